The summed E-state index contributed by atoms with van der Waals surface area (Å²) >= 11 is 9.20. The first-order valence-electron chi connectivity index (χ1n) is 6.59. The first-order chi connectivity index (χ1) is 11.0. The highest BCUT2D eigenvalue weighted by molar-refractivity contribution is 9.10. The molecular formula is C15H10BrClN4O2. The van der Waals surface area contributed by atoms with Crippen LogP contribution in [-0.2, 0) is 11.3 Å². The van der Waals surface area contributed by atoms with Gasteiger partial charge in [-0.2, -0.15) is 0 Å². The zero-order valence-electron chi connectivity index (χ0n) is 11.7. The fraction of sp³-hybridized carbons (Fsp3) is 0.0667. The van der Waals surface area contributed by atoms with Gasteiger partial charge in [-0.25, -0.2) is 9.97 Å². The van der Waals surface area contributed by atoms with Crippen molar-refractivity contribution >= 4 is 50.0 Å². The molecule has 0 saturated carbocycles. The number of carbonyl (C=O) groups excluding carboxylic acids is 1. The van der Waals surface area contributed by atoms with E-state index in [2.05, 4.69) is 31.2 Å². The van der Waals surface area contributed by atoms with Crippen LogP contribution in [0.3, 0.4) is 0 Å². The van der Waals surface area contributed by atoms with Gasteiger partial charge in [-0.15, -0.1) is 0 Å². The van der Waals surface area contributed by atoms with Crippen LogP contribution in [0.25, 0.3) is 10.9 Å². The average molecular weight is 394 g/mol. The summed E-state index contributed by atoms with van der Waals surface area (Å²) in [6, 6.07) is 8.50. The van der Waals surface area contributed by atoms with Crippen molar-refractivity contribution in [2.75, 3.05) is 5.32 Å². The van der Waals surface area contributed by atoms with Gasteiger partial charge in [0.15, 0.2) is 5.15 Å². The van der Waals surface area contributed by atoms with Gasteiger partial charge >= 0.3 is 0 Å². The first kappa shape index (κ1) is 15.6. The molecule has 0 radical (unpaired) electrons. The Balaban J connectivity index is 1.87. The summed E-state index contributed by atoms with van der Waals surface area (Å²) < 4.78 is 2.02. The van der Waals surface area contributed by atoms with Gasteiger partial charge in [0.1, 0.15) is 6.54 Å². The minimum absolute atomic E-state index is 0.167. The Hall–Kier alpha value is -2.25. The van der Waals surface area contributed by atoms with Gasteiger partial charge in [0.25, 0.3) is 5.56 Å². The molecule has 0 saturated heterocycles. The maximum atomic E-state index is 12.4. The third-order valence-electron chi connectivity index (χ3n) is 3.13. The van der Waals surface area contributed by atoms with Crippen LogP contribution in [0.15, 0.2) is 52.1 Å². The summed E-state index contributed by atoms with van der Waals surface area (Å²) in [5.74, 6) is -0.391. The molecular weight excluding hydrogens is 384 g/mol. The highest BCUT2D eigenvalue weighted by Gasteiger charge is 2.10. The average Bonchev–Trinajstić information content (AvgIpc) is 2.53. The molecule has 1 amide bonds. The number of pyridine rings is 1. The van der Waals surface area contributed by atoms with Crippen molar-refractivity contribution in [1.29, 1.82) is 0 Å². The molecule has 1 aromatic carbocycles. The zero-order valence-corrected chi connectivity index (χ0v) is 14.0. The first-order valence-corrected chi connectivity index (χ1v) is 7.77. The maximum Gasteiger partial charge on any atom is 0.261 e. The Morgan fingerprint density at radius 1 is 1.30 bits per heavy atom. The van der Waals surface area contributed by atoms with Crippen LogP contribution >= 0.6 is 27.5 Å². The minimum atomic E-state index is -0.391. The Labute approximate surface area is 144 Å². The van der Waals surface area contributed by atoms with Gasteiger partial charge in [-0.05, 0) is 30.3 Å². The summed E-state index contributed by atoms with van der Waals surface area (Å²) in [7, 11) is 0. The molecule has 3 aromatic rings. The van der Waals surface area contributed by atoms with E-state index in [1.165, 1.54) is 17.1 Å². The van der Waals surface area contributed by atoms with Crippen LogP contribution in [-0.4, -0.2) is 20.4 Å². The predicted octanol–water partition coefficient (Wildman–Crippen LogP) is 2.85. The normalized spacial score (nSPS) is 10.7. The van der Waals surface area contributed by atoms with E-state index in [9.17, 15) is 9.59 Å². The molecule has 1 N–H and O–H groups in total. The summed E-state index contributed by atoms with van der Waals surface area (Å²) in [5, 5.41) is 3.24. The van der Waals surface area contributed by atoms with Crippen LogP contribution in [0, 0.1) is 0 Å². The number of anilines is 1. The Kier molecular flexibility index (Phi) is 4.40. The summed E-state index contributed by atoms with van der Waals surface area (Å²) in [5.41, 5.74) is 0.678. The molecule has 0 atom stereocenters. The van der Waals surface area contributed by atoms with Crippen molar-refractivity contribution in [2.45, 2.75) is 6.54 Å². The molecule has 2 heterocycles. The number of aromatic nitrogens is 3. The largest absolute Gasteiger partial charge is 0.322 e. The van der Waals surface area contributed by atoms with Crippen LogP contribution in [0.4, 0.5) is 5.69 Å². The van der Waals surface area contributed by atoms with Gasteiger partial charge < -0.3 is 5.32 Å². The Bertz CT molecular complexity index is 958. The lowest BCUT2D eigenvalue weighted by Crippen LogP contribution is -2.28. The van der Waals surface area contributed by atoms with Crippen LogP contribution in [0.2, 0.25) is 5.15 Å². The molecule has 0 spiro atoms. The van der Waals surface area contributed by atoms with E-state index in [1.54, 1.807) is 30.3 Å². The molecule has 3 rings (SSSR count). The lowest BCUT2D eigenvalue weighted by molar-refractivity contribution is -0.116. The SMILES string of the molecule is O=C(Cn1cnc2ccc(Br)cc2c1=O)Nc1cccnc1Cl. The van der Waals surface area contributed by atoms with Gasteiger partial charge in [0.05, 0.1) is 22.9 Å². The van der Waals surface area contributed by atoms with Crippen molar-refractivity contribution in [2.24, 2.45) is 0 Å². The topological polar surface area (TPSA) is 76.9 Å². The second kappa shape index (κ2) is 6.47. The third-order valence-corrected chi connectivity index (χ3v) is 3.93. The molecule has 2 aromatic heterocycles. The van der Waals surface area contributed by atoms with Crippen molar-refractivity contribution in [3.8, 4) is 0 Å². The minimum Gasteiger partial charge on any atom is -0.322 e. The van der Waals surface area contributed by atoms with E-state index in [0.717, 1.165) is 4.47 Å². The second-order valence-corrected chi connectivity index (χ2v) is 6.00. The maximum absolute atomic E-state index is 12.4. The Morgan fingerprint density at radius 2 is 2.13 bits per heavy atom. The molecule has 0 aliphatic carbocycles. The lowest BCUT2D eigenvalue weighted by Gasteiger charge is -2.08. The summed E-state index contributed by atoms with van der Waals surface area (Å²) in [6.45, 7) is -0.167. The Morgan fingerprint density at radius 3 is 2.91 bits per heavy atom. The quantitative estimate of drug-likeness (QED) is 0.694. The highest BCUT2D eigenvalue weighted by atomic mass is 79.9. The zero-order chi connectivity index (χ0) is 16.4. The number of nitrogens with zero attached hydrogens (tertiary/aromatic N) is 3. The molecule has 0 aliphatic rings. The number of amides is 1. The molecule has 6 nitrogen and oxygen atoms in total. The smallest absolute Gasteiger partial charge is 0.261 e. The molecule has 0 unspecified atom stereocenters. The van der Waals surface area contributed by atoms with E-state index < -0.39 is 5.91 Å². The lowest BCUT2D eigenvalue weighted by atomic mass is 10.2. The van der Waals surface area contributed by atoms with Crippen LogP contribution in [0.5, 0.6) is 0 Å². The molecule has 8 heteroatoms. The van der Waals surface area contributed by atoms with Crippen LogP contribution < -0.4 is 10.9 Å². The van der Waals surface area contributed by atoms with E-state index in [1.807, 2.05) is 0 Å². The van der Waals surface area contributed by atoms with Crippen molar-refractivity contribution in [3.63, 3.8) is 0 Å². The molecule has 116 valence electrons. The molecule has 23 heavy (non-hydrogen) atoms. The number of nitrogens with one attached hydrogen (secondary N) is 1. The number of hydrogen-bond donors (Lipinski definition) is 1. The van der Waals surface area contributed by atoms with Crippen molar-refractivity contribution < 1.29 is 4.79 Å². The van der Waals surface area contributed by atoms with Gasteiger partial charge in [-0.3, -0.25) is 14.2 Å². The number of rotatable bonds is 3. The van der Waals surface area contributed by atoms with Crippen molar-refractivity contribution in [3.05, 3.63) is 62.8 Å². The predicted molar refractivity (Wildman–Crippen MR) is 91.6 cm³/mol. The number of carbonyl (C=O) groups is 1. The molecule has 0 fully saturated rings. The van der Waals surface area contributed by atoms with Crippen molar-refractivity contribution in [1.82, 2.24) is 14.5 Å². The van der Waals surface area contributed by atoms with Gasteiger partial charge in [0.2, 0.25) is 5.91 Å². The van der Waals surface area contributed by atoms with E-state index in [4.69, 9.17) is 11.6 Å². The monoisotopic (exact) mass is 392 g/mol. The number of halogens is 2. The second-order valence-electron chi connectivity index (χ2n) is 4.73. The highest BCUT2D eigenvalue weighted by Crippen LogP contribution is 2.17. The summed E-state index contributed by atoms with van der Waals surface area (Å²) in [6.07, 6.45) is 2.87. The van der Waals surface area contributed by atoms with Gasteiger partial charge in [0, 0.05) is 10.7 Å². The van der Waals surface area contributed by atoms with E-state index in [0.29, 0.717) is 16.6 Å². The number of benzene rings is 1. The standard InChI is InChI=1S/C15H10BrClN4O2/c16-9-3-4-11-10(6-9)15(23)21(8-19-11)7-13(22)20-12-2-1-5-18-14(12)17/h1-6,8H,7H2,(H,20,22). The molecule has 0 bridgehead atoms. The fourth-order valence-corrected chi connectivity index (χ4v) is 2.60. The van der Waals surface area contributed by atoms with E-state index >= 15 is 0 Å². The fourth-order valence-electron chi connectivity index (χ4n) is 2.07. The van der Waals surface area contributed by atoms with Gasteiger partial charge in [-0.1, -0.05) is 27.5 Å². The van der Waals surface area contributed by atoms with Crippen LogP contribution in [0.1, 0.15) is 0 Å². The number of fused-ring (bicyclic) bond motifs is 1. The van der Waals surface area contributed by atoms with E-state index in [-0.39, 0.29) is 17.3 Å². The number of hydrogen-bond acceptors (Lipinski definition) is 4. The third kappa shape index (κ3) is 3.40. The summed E-state index contributed by atoms with van der Waals surface area (Å²) in [4.78, 5) is 32.6. The molecule has 0 aliphatic heterocycles.